The Bertz CT molecular complexity index is 513. The molecule has 2 N–H and O–H groups in total. The Morgan fingerprint density at radius 2 is 2.00 bits per heavy atom. The highest BCUT2D eigenvalue weighted by molar-refractivity contribution is 5.16. The van der Waals surface area contributed by atoms with E-state index in [-0.39, 0.29) is 12.1 Å². The molecule has 2 atom stereocenters. The van der Waals surface area contributed by atoms with Gasteiger partial charge in [0.25, 0.3) is 0 Å². The van der Waals surface area contributed by atoms with Crippen molar-refractivity contribution in [1.82, 2.24) is 10.1 Å². The van der Waals surface area contributed by atoms with Gasteiger partial charge in [-0.15, -0.1) is 0 Å². The lowest BCUT2D eigenvalue weighted by atomic mass is 10.1. The Morgan fingerprint density at radius 3 is 2.65 bits per heavy atom. The second-order valence-electron chi connectivity index (χ2n) is 4.64. The van der Waals surface area contributed by atoms with Crippen LogP contribution in [0.5, 0.6) is 0 Å². The Labute approximate surface area is 119 Å². The van der Waals surface area contributed by atoms with E-state index in [9.17, 15) is 0 Å². The van der Waals surface area contributed by atoms with Crippen molar-refractivity contribution in [2.45, 2.75) is 38.8 Å². The third-order valence-corrected chi connectivity index (χ3v) is 3.10. The fourth-order valence-electron chi connectivity index (χ4n) is 2.06. The summed E-state index contributed by atoms with van der Waals surface area (Å²) in [5.74, 6) is 1.04. The number of nitrogens with zero attached hydrogens (tertiary/aromatic N) is 2. The third-order valence-electron chi connectivity index (χ3n) is 3.10. The average molecular weight is 275 g/mol. The molecule has 0 fully saturated rings. The van der Waals surface area contributed by atoms with Crippen molar-refractivity contribution in [3.05, 3.63) is 47.6 Å². The zero-order valence-electron chi connectivity index (χ0n) is 12.0. The highest BCUT2D eigenvalue weighted by Crippen LogP contribution is 2.20. The fraction of sp³-hybridized carbons (Fsp3) is 0.467. The van der Waals surface area contributed by atoms with E-state index >= 15 is 0 Å². The van der Waals surface area contributed by atoms with Gasteiger partial charge in [-0.3, -0.25) is 0 Å². The van der Waals surface area contributed by atoms with E-state index < -0.39 is 0 Å². The maximum atomic E-state index is 6.12. The molecule has 0 saturated carbocycles. The van der Waals surface area contributed by atoms with Gasteiger partial charge in [0.1, 0.15) is 6.10 Å². The summed E-state index contributed by atoms with van der Waals surface area (Å²) < 4.78 is 10.8. The van der Waals surface area contributed by atoms with Crippen molar-refractivity contribution in [2.75, 3.05) is 6.61 Å². The standard InChI is InChI=1S/C15H21N3O2/c1-3-13(19-4-2)14-17-15(20-18-14)12(16)10-11-8-6-5-7-9-11/h5-9,12-13H,3-4,10,16H2,1-2H3. The van der Waals surface area contributed by atoms with Crippen LogP contribution in [0.4, 0.5) is 0 Å². The molecule has 1 aromatic heterocycles. The summed E-state index contributed by atoms with van der Waals surface area (Å²) in [5, 5.41) is 3.98. The molecule has 0 aliphatic rings. The van der Waals surface area contributed by atoms with Gasteiger partial charge in [0.05, 0.1) is 6.04 Å². The summed E-state index contributed by atoms with van der Waals surface area (Å²) in [5.41, 5.74) is 7.27. The van der Waals surface area contributed by atoms with Crippen molar-refractivity contribution in [1.29, 1.82) is 0 Å². The first-order valence-corrected chi connectivity index (χ1v) is 6.99. The van der Waals surface area contributed by atoms with Crippen LogP contribution in [0.15, 0.2) is 34.9 Å². The molecule has 0 radical (unpaired) electrons. The molecule has 0 amide bonds. The summed E-state index contributed by atoms with van der Waals surface area (Å²) in [6.07, 6.45) is 1.36. The van der Waals surface area contributed by atoms with E-state index in [1.807, 2.05) is 44.2 Å². The molecule has 20 heavy (non-hydrogen) atoms. The topological polar surface area (TPSA) is 74.2 Å². The molecule has 108 valence electrons. The van der Waals surface area contributed by atoms with Gasteiger partial charge in [-0.2, -0.15) is 4.98 Å². The molecule has 2 unspecified atom stereocenters. The highest BCUT2D eigenvalue weighted by atomic mass is 16.5. The first kappa shape index (κ1) is 14.7. The van der Waals surface area contributed by atoms with Crippen LogP contribution in [0.1, 0.15) is 49.7 Å². The Hall–Kier alpha value is -1.72. The van der Waals surface area contributed by atoms with Gasteiger partial charge in [0.15, 0.2) is 0 Å². The SMILES string of the molecule is CCOC(CC)c1noc(C(N)Cc2ccccc2)n1. The minimum absolute atomic E-state index is 0.124. The van der Waals surface area contributed by atoms with Crippen molar-refractivity contribution < 1.29 is 9.26 Å². The van der Waals surface area contributed by atoms with Crippen molar-refractivity contribution in [3.63, 3.8) is 0 Å². The number of rotatable bonds is 7. The molecular formula is C15H21N3O2. The van der Waals surface area contributed by atoms with E-state index in [2.05, 4.69) is 10.1 Å². The number of hydrogen-bond acceptors (Lipinski definition) is 5. The number of ether oxygens (including phenoxy) is 1. The molecule has 0 saturated heterocycles. The van der Waals surface area contributed by atoms with E-state index in [0.717, 1.165) is 12.0 Å². The first-order valence-electron chi connectivity index (χ1n) is 6.99. The molecule has 1 aromatic carbocycles. The minimum Gasteiger partial charge on any atom is -0.370 e. The summed E-state index contributed by atoms with van der Waals surface area (Å²) >= 11 is 0. The van der Waals surface area contributed by atoms with E-state index in [1.165, 1.54) is 0 Å². The van der Waals surface area contributed by atoms with Gasteiger partial charge in [0, 0.05) is 6.61 Å². The Kier molecular flexibility index (Phi) is 5.26. The van der Waals surface area contributed by atoms with Crippen molar-refractivity contribution in [2.24, 2.45) is 5.73 Å². The fourth-order valence-corrected chi connectivity index (χ4v) is 2.06. The molecule has 2 aromatic rings. The van der Waals surface area contributed by atoms with Crippen LogP contribution in [0, 0.1) is 0 Å². The molecule has 1 heterocycles. The summed E-state index contributed by atoms with van der Waals surface area (Å²) in [6, 6.07) is 9.73. The van der Waals surface area contributed by atoms with Crippen LogP contribution in [0.25, 0.3) is 0 Å². The lowest BCUT2D eigenvalue weighted by molar-refractivity contribution is 0.0518. The maximum absolute atomic E-state index is 6.12. The van der Waals surface area contributed by atoms with Gasteiger partial charge in [0.2, 0.25) is 11.7 Å². The molecule has 2 rings (SSSR count). The average Bonchev–Trinajstić information content (AvgIpc) is 2.95. The maximum Gasteiger partial charge on any atom is 0.243 e. The van der Waals surface area contributed by atoms with Gasteiger partial charge >= 0.3 is 0 Å². The van der Waals surface area contributed by atoms with Crippen LogP contribution < -0.4 is 5.73 Å². The van der Waals surface area contributed by atoms with E-state index in [0.29, 0.717) is 24.7 Å². The van der Waals surface area contributed by atoms with Crippen LogP contribution in [-0.4, -0.2) is 16.7 Å². The predicted octanol–water partition coefficient (Wildman–Crippen LogP) is 2.80. The number of hydrogen-bond donors (Lipinski definition) is 1. The summed E-state index contributed by atoms with van der Waals surface area (Å²) in [4.78, 5) is 4.37. The molecule has 0 spiro atoms. The second kappa shape index (κ2) is 7.17. The zero-order chi connectivity index (χ0) is 14.4. The lowest BCUT2D eigenvalue weighted by Crippen LogP contribution is -2.14. The molecule has 0 aliphatic heterocycles. The first-order chi connectivity index (χ1) is 9.74. The van der Waals surface area contributed by atoms with E-state index in [4.69, 9.17) is 15.0 Å². The molecule has 5 heteroatoms. The highest BCUT2D eigenvalue weighted by Gasteiger charge is 2.20. The largest absolute Gasteiger partial charge is 0.370 e. The zero-order valence-corrected chi connectivity index (χ0v) is 12.0. The molecule has 0 bridgehead atoms. The summed E-state index contributed by atoms with van der Waals surface area (Å²) in [7, 11) is 0. The number of aromatic nitrogens is 2. The van der Waals surface area contributed by atoms with Gasteiger partial charge < -0.3 is 15.0 Å². The molecule has 0 aliphatic carbocycles. The number of benzene rings is 1. The van der Waals surface area contributed by atoms with Crippen LogP contribution in [0.3, 0.4) is 0 Å². The normalized spacial score (nSPS) is 14.2. The Morgan fingerprint density at radius 1 is 1.25 bits per heavy atom. The lowest BCUT2D eigenvalue weighted by Gasteiger charge is -2.09. The van der Waals surface area contributed by atoms with Crippen LogP contribution >= 0.6 is 0 Å². The smallest absolute Gasteiger partial charge is 0.243 e. The van der Waals surface area contributed by atoms with Gasteiger partial charge in [-0.1, -0.05) is 42.4 Å². The van der Waals surface area contributed by atoms with Crippen molar-refractivity contribution in [3.8, 4) is 0 Å². The minimum atomic E-state index is -0.294. The van der Waals surface area contributed by atoms with Crippen LogP contribution in [0.2, 0.25) is 0 Å². The predicted molar refractivity (Wildman–Crippen MR) is 76.0 cm³/mol. The van der Waals surface area contributed by atoms with Gasteiger partial charge in [-0.25, -0.2) is 0 Å². The molecule has 5 nitrogen and oxygen atoms in total. The van der Waals surface area contributed by atoms with Crippen molar-refractivity contribution >= 4 is 0 Å². The van der Waals surface area contributed by atoms with E-state index in [1.54, 1.807) is 0 Å². The quantitative estimate of drug-likeness (QED) is 0.841. The Balaban J connectivity index is 2.04. The number of nitrogens with two attached hydrogens (primary N) is 1. The van der Waals surface area contributed by atoms with Crippen LogP contribution in [-0.2, 0) is 11.2 Å². The molecular weight excluding hydrogens is 254 g/mol. The summed E-state index contributed by atoms with van der Waals surface area (Å²) in [6.45, 7) is 4.60. The third kappa shape index (κ3) is 3.65. The monoisotopic (exact) mass is 275 g/mol. The second-order valence-corrected chi connectivity index (χ2v) is 4.64. The van der Waals surface area contributed by atoms with Gasteiger partial charge in [-0.05, 0) is 25.3 Å².